The molecule has 0 saturated carbocycles. The first-order valence-corrected chi connectivity index (χ1v) is 5.13. The molecule has 71 valence electrons. The van der Waals surface area contributed by atoms with E-state index in [1.54, 1.807) is 0 Å². The second kappa shape index (κ2) is 6.53. The standard InChI is InChI=1S/C12H18N/c1-2-3-4-8-11-13-12-9-6-5-7-10-12/h6-7,9-10,13H,2-4,8,11H2,1H3. The van der Waals surface area contributed by atoms with Crippen molar-refractivity contribution in [1.82, 2.24) is 0 Å². The minimum Gasteiger partial charge on any atom is -0.385 e. The van der Waals surface area contributed by atoms with Gasteiger partial charge in [-0.3, -0.25) is 0 Å². The molecule has 0 aliphatic heterocycles. The first-order valence-electron chi connectivity index (χ1n) is 5.13. The molecule has 0 aromatic heterocycles. The Labute approximate surface area is 81.2 Å². The van der Waals surface area contributed by atoms with Crippen molar-refractivity contribution in [3.63, 3.8) is 0 Å². The van der Waals surface area contributed by atoms with Gasteiger partial charge < -0.3 is 5.32 Å². The maximum atomic E-state index is 3.38. The van der Waals surface area contributed by atoms with Gasteiger partial charge in [0.2, 0.25) is 0 Å². The van der Waals surface area contributed by atoms with E-state index >= 15 is 0 Å². The molecule has 0 aliphatic rings. The molecule has 1 aromatic carbocycles. The largest absolute Gasteiger partial charge is 0.385 e. The van der Waals surface area contributed by atoms with E-state index in [1.165, 1.54) is 31.4 Å². The van der Waals surface area contributed by atoms with Crippen molar-refractivity contribution >= 4 is 5.69 Å². The van der Waals surface area contributed by atoms with Gasteiger partial charge in [0.15, 0.2) is 0 Å². The second-order valence-corrected chi connectivity index (χ2v) is 3.28. The summed E-state index contributed by atoms with van der Waals surface area (Å²) >= 11 is 0. The van der Waals surface area contributed by atoms with Crippen molar-refractivity contribution in [3.8, 4) is 0 Å². The molecule has 1 rings (SSSR count). The summed E-state index contributed by atoms with van der Waals surface area (Å²) in [6, 6.07) is 11.0. The van der Waals surface area contributed by atoms with Crippen LogP contribution in [0.1, 0.15) is 32.6 Å². The fourth-order valence-corrected chi connectivity index (χ4v) is 1.29. The summed E-state index contributed by atoms with van der Waals surface area (Å²) in [5.41, 5.74) is 1.20. The fraction of sp³-hybridized carbons (Fsp3) is 0.500. The molecule has 0 fully saturated rings. The van der Waals surface area contributed by atoms with E-state index in [1.807, 2.05) is 12.1 Å². The number of rotatable bonds is 6. The molecule has 1 heteroatoms. The molecule has 0 heterocycles. The van der Waals surface area contributed by atoms with Crippen LogP contribution in [0, 0.1) is 6.07 Å². The first-order chi connectivity index (χ1) is 6.43. The van der Waals surface area contributed by atoms with E-state index in [0.717, 1.165) is 6.54 Å². The van der Waals surface area contributed by atoms with Gasteiger partial charge in [0.1, 0.15) is 0 Å². The van der Waals surface area contributed by atoms with Crippen molar-refractivity contribution in [2.24, 2.45) is 0 Å². The fourth-order valence-electron chi connectivity index (χ4n) is 1.29. The molecular weight excluding hydrogens is 158 g/mol. The molecule has 1 N–H and O–H groups in total. The highest BCUT2D eigenvalue weighted by atomic mass is 14.9. The second-order valence-electron chi connectivity index (χ2n) is 3.28. The minimum absolute atomic E-state index is 1.09. The normalized spacial score (nSPS) is 9.92. The molecule has 0 saturated heterocycles. The van der Waals surface area contributed by atoms with E-state index in [9.17, 15) is 0 Å². The van der Waals surface area contributed by atoms with Crippen LogP contribution in [0.15, 0.2) is 24.3 Å². The first kappa shape index (κ1) is 10.1. The third-order valence-electron chi connectivity index (χ3n) is 2.08. The highest BCUT2D eigenvalue weighted by Crippen LogP contribution is 2.05. The third-order valence-corrected chi connectivity index (χ3v) is 2.08. The zero-order chi connectivity index (χ0) is 9.36. The van der Waals surface area contributed by atoms with Crippen LogP contribution in [-0.2, 0) is 0 Å². The van der Waals surface area contributed by atoms with Crippen LogP contribution in [0.3, 0.4) is 0 Å². The highest BCUT2D eigenvalue weighted by Gasteiger charge is 1.89. The molecular formula is C12H18N. The molecule has 13 heavy (non-hydrogen) atoms. The van der Waals surface area contributed by atoms with Crippen molar-refractivity contribution in [3.05, 3.63) is 30.3 Å². The molecule has 0 atom stereocenters. The van der Waals surface area contributed by atoms with Gasteiger partial charge in [0, 0.05) is 12.2 Å². The summed E-state index contributed by atoms with van der Waals surface area (Å²) in [5.74, 6) is 0. The predicted molar refractivity (Wildman–Crippen MR) is 57.9 cm³/mol. The van der Waals surface area contributed by atoms with Crippen LogP contribution in [0.25, 0.3) is 0 Å². The van der Waals surface area contributed by atoms with Crippen LogP contribution in [0.5, 0.6) is 0 Å². The Bertz CT molecular complexity index is 206. The van der Waals surface area contributed by atoms with Crippen molar-refractivity contribution in [2.45, 2.75) is 32.6 Å². The molecule has 0 spiro atoms. The summed E-state index contributed by atoms with van der Waals surface area (Å²) in [7, 11) is 0. The predicted octanol–water partition coefficient (Wildman–Crippen LogP) is 3.48. The van der Waals surface area contributed by atoms with Gasteiger partial charge in [0.05, 0.1) is 0 Å². The monoisotopic (exact) mass is 176 g/mol. The Morgan fingerprint density at radius 1 is 1.15 bits per heavy atom. The Hall–Kier alpha value is -0.980. The summed E-state index contributed by atoms with van der Waals surface area (Å²) < 4.78 is 0. The van der Waals surface area contributed by atoms with Crippen molar-refractivity contribution < 1.29 is 0 Å². The van der Waals surface area contributed by atoms with Gasteiger partial charge in [-0.2, -0.15) is 0 Å². The lowest BCUT2D eigenvalue weighted by atomic mass is 10.2. The number of anilines is 1. The minimum atomic E-state index is 1.09. The SMILES string of the molecule is CCCCCCNc1cc[c]cc1. The topological polar surface area (TPSA) is 12.0 Å². The maximum absolute atomic E-state index is 3.38. The van der Waals surface area contributed by atoms with Crippen LogP contribution in [0.4, 0.5) is 5.69 Å². The number of nitrogens with one attached hydrogen (secondary N) is 1. The average Bonchev–Trinajstić information content (AvgIpc) is 2.19. The van der Waals surface area contributed by atoms with Crippen LogP contribution >= 0.6 is 0 Å². The zero-order valence-electron chi connectivity index (χ0n) is 8.34. The molecule has 0 amide bonds. The number of benzene rings is 1. The Morgan fingerprint density at radius 3 is 2.62 bits per heavy atom. The van der Waals surface area contributed by atoms with Gasteiger partial charge in [-0.05, 0) is 24.6 Å². The summed E-state index contributed by atoms with van der Waals surface area (Å²) in [4.78, 5) is 0. The van der Waals surface area contributed by atoms with Gasteiger partial charge >= 0.3 is 0 Å². The zero-order valence-corrected chi connectivity index (χ0v) is 8.34. The Balaban J connectivity index is 2.07. The van der Waals surface area contributed by atoms with E-state index in [2.05, 4.69) is 30.4 Å². The van der Waals surface area contributed by atoms with E-state index in [0.29, 0.717) is 0 Å². The van der Waals surface area contributed by atoms with E-state index in [4.69, 9.17) is 0 Å². The summed E-state index contributed by atoms with van der Waals surface area (Å²) in [6.07, 6.45) is 5.26. The van der Waals surface area contributed by atoms with Gasteiger partial charge in [-0.25, -0.2) is 0 Å². The highest BCUT2D eigenvalue weighted by molar-refractivity contribution is 5.41. The third kappa shape index (κ3) is 4.56. The Morgan fingerprint density at radius 2 is 1.92 bits per heavy atom. The molecule has 0 unspecified atom stereocenters. The van der Waals surface area contributed by atoms with Gasteiger partial charge in [-0.1, -0.05) is 38.3 Å². The van der Waals surface area contributed by atoms with Crippen LogP contribution < -0.4 is 5.32 Å². The smallest absolute Gasteiger partial charge is 0.0340 e. The van der Waals surface area contributed by atoms with E-state index in [-0.39, 0.29) is 0 Å². The maximum Gasteiger partial charge on any atom is 0.0340 e. The summed E-state index contributed by atoms with van der Waals surface area (Å²) in [6.45, 7) is 3.32. The Kier molecular flexibility index (Phi) is 5.07. The van der Waals surface area contributed by atoms with Gasteiger partial charge in [-0.15, -0.1) is 0 Å². The molecule has 1 nitrogen and oxygen atoms in total. The summed E-state index contributed by atoms with van der Waals surface area (Å²) in [5, 5.41) is 3.38. The molecule has 1 aromatic rings. The van der Waals surface area contributed by atoms with Crippen LogP contribution in [-0.4, -0.2) is 6.54 Å². The number of hydrogen-bond acceptors (Lipinski definition) is 1. The lowest BCUT2D eigenvalue weighted by Crippen LogP contribution is -2.00. The number of unbranched alkanes of at least 4 members (excludes halogenated alkanes) is 3. The van der Waals surface area contributed by atoms with E-state index < -0.39 is 0 Å². The molecule has 1 radical (unpaired) electrons. The lowest BCUT2D eigenvalue weighted by Gasteiger charge is -2.04. The average molecular weight is 176 g/mol. The van der Waals surface area contributed by atoms with Gasteiger partial charge in [0.25, 0.3) is 0 Å². The molecule has 0 aliphatic carbocycles. The quantitative estimate of drug-likeness (QED) is 0.654. The molecule has 0 bridgehead atoms. The van der Waals surface area contributed by atoms with Crippen LogP contribution in [0.2, 0.25) is 0 Å². The van der Waals surface area contributed by atoms with Crippen molar-refractivity contribution in [1.29, 1.82) is 0 Å². The van der Waals surface area contributed by atoms with Crippen molar-refractivity contribution in [2.75, 3.05) is 11.9 Å². The number of hydrogen-bond donors (Lipinski definition) is 1. The lowest BCUT2D eigenvalue weighted by molar-refractivity contribution is 0.685.